The van der Waals surface area contributed by atoms with Gasteiger partial charge in [0.05, 0.1) is 13.5 Å². The molecule has 3 aromatic carbocycles. The topological polar surface area (TPSA) is 88.7 Å². The molecule has 30 heavy (non-hydrogen) atoms. The molecule has 154 valence electrons. The summed E-state index contributed by atoms with van der Waals surface area (Å²) < 4.78 is 10.4. The first-order chi connectivity index (χ1) is 14.5. The van der Waals surface area contributed by atoms with Crippen LogP contribution < -0.4 is 25.6 Å². The first-order valence-corrected chi connectivity index (χ1v) is 9.32. The molecule has 0 spiro atoms. The van der Waals surface area contributed by atoms with Gasteiger partial charge in [0.25, 0.3) is 5.91 Å². The van der Waals surface area contributed by atoms with Gasteiger partial charge in [-0.2, -0.15) is 0 Å². The van der Waals surface area contributed by atoms with Crippen molar-refractivity contribution >= 4 is 28.3 Å². The molecule has 0 heterocycles. The van der Waals surface area contributed by atoms with Crippen molar-refractivity contribution < 1.29 is 19.1 Å². The summed E-state index contributed by atoms with van der Waals surface area (Å²) in [7, 11) is 1.57. The van der Waals surface area contributed by atoms with Crippen LogP contribution in [0.4, 0.5) is 5.69 Å². The second-order valence-corrected chi connectivity index (χ2v) is 6.49. The first kappa shape index (κ1) is 20.7. The predicted octanol–water partition coefficient (Wildman–Crippen LogP) is 3.39. The highest BCUT2D eigenvalue weighted by atomic mass is 16.5. The summed E-state index contributed by atoms with van der Waals surface area (Å²) in [6.45, 7) is 3.58. The van der Waals surface area contributed by atoms with E-state index in [0.717, 1.165) is 16.5 Å². The van der Waals surface area contributed by atoms with Crippen LogP contribution >= 0.6 is 0 Å². The Hall–Kier alpha value is -4.00. The molecule has 0 saturated heterocycles. The predicted molar refractivity (Wildman–Crippen MR) is 116 cm³/mol. The number of hydrogen-bond acceptors (Lipinski definition) is 5. The SMILES string of the molecule is C=C(CC(=O)Nc1cccc2ccccc12)NNC(=O)COc1ccc(OC)cc1. The lowest BCUT2D eigenvalue weighted by Gasteiger charge is -2.13. The lowest BCUT2D eigenvalue weighted by molar-refractivity contribution is -0.124. The van der Waals surface area contributed by atoms with Crippen LogP contribution in [0.5, 0.6) is 11.5 Å². The second kappa shape index (κ2) is 9.97. The lowest BCUT2D eigenvalue weighted by atomic mass is 10.1. The Morgan fingerprint density at radius 3 is 2.33 bits per heavy atom. The number of hydrazine groups is 1. The Labute approximate surface area is 174 Å². The molecule has 7 heteroatoms. The van der Waals surface area contributed by atoms with Gasteiger partial charge in [-0.25, -0.2) is 0 Å². The molecule has 3 N–H and O–H groups in total. The molecule has 0 radical (unpaired) electrons. The van der Waals surface area contributed by atoms with E-state index in [9.17, 15) is 9.59 Å². The van der Waals surface area contributed by atoms with E-state index in [2.05, 4.69) is 22.7 Å². The number of carbonyl (C=O) groups is 2. The van der Waals surface area contributed by atoms with Crippen molar-refractivity contribution in [3.05, 3.63) is 79.0 Å². The molecule has 0 aliphatic carbocycles. The van der Waals surface area contributed by atoms with E-state index >= 15 is 0 Å². The summed E-state index contributed by atoms with van der Waals surface area (Å²) in [6, 6.07) is 20.4. The van der Waals surface area contributed by atoms with Gasteiger partial charge in [0.2, 0.25) is 5.91 Å². The second-order valence-electron chi connectivity index (χ2n) is 6.49. The van der Waals surface area contributed by atoms with E-state index < -0.39 is 5.91 Å². The molecule has 0 fully saturated rings. The number of nitrogens with one attached hydrogen (secondary N) is 3. The van der Waals surface area contributed by atoms with Crippen LogP contribution in [-0.4, -0.2) is 25.5 Å². The minimum Gasteiger partial charge on any atom is -0.497 e. The van der Waals surface area contributed by atoms with Crippen LogP contribution in [0.15, 0.2) is 79.0 Å². The van der Waals surface area contributed by atoms with Crippen molar-refractivity contribution in [2.75, 3.05) is 19.0 Å². The fraction of sp³-hybridized carbons (Fsp3) is 0.130. The van der Waals surface area contributed by atoms with Crippen LogP contribution in [0.1, 0.15) is 6.42 Å². The summed E-state index contributed by atoms with van der Waals surface area (Å²) in [5.74, 6) is 0.597. The van der Waals surface area contributed by atoms with Crippen molar-refractivity contribution in [2.45, 2.75) is 6.42 Å². The molecular formula is C23H23N3O4. The maximum Gasteiger partial charge on any atom is 0.276 e. The molecule has 2 amide bonds. The average Bonchev–Trinajstić information content (AvgIpc) is 2.77. The highest BCUT2D eigenvalue weighted by Crippen LogP contribution is 2.23. The third-order valence-corrected chi connectivity index (χ3v) is 4.25. The maximum atomic E-state index is 12.3. The zero-order valence-corrected chi connectivity index (χ0v) is 16.6. The van der Waals surface area contributed by atoms with Crippen LogP contribution in [-0.2, 0) is 9.59 Å². The number of fused-ring (bicyclic) bond motifs is 1. The highest BCUT2D eigenvalue weighted by Gasteiger charge is 2.09. The van der Waals surface area contributed by atoms with E-state index in [1.54, 1.807) is 31.4 Å². The van der Waals surface area contributed by atoms with E-state index in [4.69, 9.17) is 9.47 Å². The largest absolute Gasteiger partial charge is 0.497 e. The molecular weight excluding hydrogens is 382 g/mol. The number of amides is 2. The summed E-state index contributed by atoms with van der Waals surface area (Å²) in [4.78, 5) is 24.2. The number of carbonyl (C=O) groups excluding carboxylic acids is 2. The number of methoxy groups -OCH3 is 1. The molecule has 0 aromatic heterocycles. The molecule has 7 nitrogen and oxygen atoms in total. The van der Waals surface area contributed by atoms with Crippen molar-refractivity contribution in [1.29, 1.82) is 0 Å². The molecule has 0 unspecified atom stereocenters. The van der Waals surface area contributed by atoms with E-state index in [1.165, 1.54) is 0 Å². The van der Waals surface area contributed by atoms with Crippen LogP contribution in [0.3, 0.4) is 0 Å². The zero-order valence-electron chi connectivity index (χ0n) is 16.6. The Morgan fingerprint density at radius 2 is 1.57 bits per heavy atom. The standard InChI is InChI=1S/C23H23N3O4/c1-16(25-26-23(28)15-30-19-12-10-18(29-2)11-13-19)14-22(27)24-21-9-5-7-17-6-3-4-8-20(17)21/h3-13,25H,1,14-15H2,2H3,(H,24,27)(H,26,28). The molecule has 0 aliphatic rings. The number of ether oxygens (including phenoxy) is 2. The van der Waals surface area contributed by atoms with Crippen LogP contribution in [0.2, 0.25) is 0 Å². The normalized spacial score (nSPS) is 10.2. The molecule has 0 atom stereocenters. The lowest BCUT2D eigenvalue weighted by Crippen LogP contribution is -2.40. The smallest absolute Gasteiger partial charge is 0.276 e. The molecule has 3 rings (SSSR count). The third kappa shape index (κ3) is 5.75. The van der Waals surface area contributed by atoms with Gasteiger partial charge in [0.1, 0.15) is 11.5 Å². The van der Waals surface area contributed by atoms with Crippen molar-refractivity contribution in [2.24, 2.45) is 0 Å². The Morgan fingerprint density at radius 1 is 0.867 bits per heavy atom. The molecule has 0 saturated carbocycles. The Balaban J connectivity index is 1.42. The minimum absolute atomic E-state index is 0.00282. The van der Waals surface area contributed by atoms with Crippen molar-refractivity contribution in [1.82, 2.24) is 10.9 Å². The number of anilines is 1. The van der Waals surface area contributed by atoms with Gasteiger partial charge in [-0.15, -0.1) is 0 Å². The molecule has 3 aromatic rings. The van der Waals surface area contributed by atoms with Gasteiger partial charge < -0.3 is 20.2 Å². The molecule has 0 aliphatic heterocycles. The summed E-state index contributed by atoms with van der Waals surface area (Å²) in [6.07, 6.45) is 0.00282. The fourth-order valence-corrected chi connectivity index (χ4v) is 2.78. The van der Waals surface area contributed by atoms with E-state index in [0.29, 0.717) is 17.2 Å². The first-order valence-electron chi connectivity index (χ1n) is 9.32. The summed E-state index contributed by atoms with van der Waals surface area (Å²) in [5, 5.41) is 4.86. The maximum absolute atomic E-state index is 12.3. The van der Waals surface area contributed by atoms with Crippen molar-refractivity contribution in [3.63, 3.8) is 0 Å². The summed E-state index contributed by atoms with van der Waals surface area (Å²) in [5.41, 5.74) is 6.17. The molecule has 0 bridgehead atoms. The average molecular weight is 405 g/mol. The Kier molecular flexibility index (Phi) is 6.89. The third-order valence-electron chi connectivity index (χ3n) is 4.25. The van der Waals surface area contributed by atoms with Crippen LogP contribution in [0.25, 0.3) is 10.8 Å². The van der Waals surface area contributed by atoms with E-state index in [-0.39, 0.29) is 18.9 Å². The quantitative estimate of drug-likeness (QED) is 0.475. The van der Waals surface area contributed by atoms with Gasteiger partial charge in [-0.05, 0) is 35.7 Å². The van der Waals surface area contributed by atoms with E-state index in [1.807, 2.05) is 42.5 Å². The zero-order chi connectivity index (χ0) is 21.3. The van der Waals surface area contributed by atoms with Gasteiger partial charge in [0, 0.05) is 16.8 Å². The number of benzene rings is 3. The van der Waals surface area contributed by atoms with Crippen molar-refractivity contribution in [3.8, 4) is 11.5 Å². The summed E-state index contributed by atoms with van der Waals surface area (Å²) >= 11 is 0. The van der Waals surface area contributed by atoms with Gasteiger partial charge in [0.15, 0.2) is 6.61 Å². The van der Waals surface area contributed by atoms with Gasteiger partial charge >= 0.3 is 0 Å². The monoisotopic (exact) mass is 405 g/mol. The van der Waals surface area contributed by atoms with Crippen LogP contribution in [0, 0.1) is 0 Å². The number of rotatable bonds is 9. The Bertz CT molecular complexity index is 1040. The van der Waals surface area contributed by atoms with Gasteiger partial charge in [-0.3, -0.25) is 15.0 Å². The highest BCUT2D eigenvalue weighted by molar-refractivity contribution is 6.02. The number of hydrogen-bond donors (Lipinski definition) is 3. The van der Waals surface area contributed by atoms with Gasteiger partial charge in [-0.1, -0.05) is 43.0 Å². The minimum atomic E-state index is -0.401. The fourth-order valence-electron chi connectivity index (χ4n) is 2.78.